The zero-order chi connectivity index (χ0) is 15.6. The number of hydrogen-bond acceptors (Lipinski definition) is 3. The lowest BCUT2D eigenvalue weighted by Crippen LogP contribution is -2.53. The molecule has 2 rings (SSSR count). The molecule has 1 saturated heterocycles. The van der Waals surface area contributed by atoms with Crippen molar-refractivity contribution in [2.75, 3.05) is 25.0 Å². The molecule has 2 N–H and O–H groups in total. The molecule has 0 aromatic heterocycles. The first kappa shape index (κ1) is 15.8. The fourth-order valence-corrected chi connectivity index (χ4v) is 2.64. The summed E-state index contributed by atoms with van der Waals surface area (Å²) in [5.74, 6) is -1.10. The zero-order valence-corrected chi connectivity index (χ0v) is 12.9. The molecule has 1 atom stereocenters. The SMILES string of the molecule is Cc1cc(Cl)ccc1NC(=O)CN1CC(C(C)C(=O)O)C1. The Labute approximate surface area is 128 Å². The Morgan fingerprint density at radius 3 is 2.71 bits per heavy atom. The topological polar surface area (TPSA) is 69.6 Å². The Balaban J connectivity index is 1.80. The van der Waals surface area contributed by atoms with Crippen molar-refractivity contribution in [2.45, 2.75) is 13.8 Å². The van der Waals surface area contributed by atoms with E-state index in [2.05, 4.69) is 5.32 Å². The number of amides is 1. The summed E-state index contributed by atoms with van der Waals surface area (Å²) in [6.45, 7) is 5.18. The summed E-state index contributed by atoms with van der Waals surface area (Å²) in [4.78, 5) is 24.8. The van der Waals surface area contributed by atoms with E-state index < -0.39 is 5.97 Å². The number of aliphatic carboxylic acids is 1. The van der Waals surface area contributed by atoms with Gasteiger partial charge in [-0.15, -0.1) is 0 Å². The van der Waals surface area contributed by atoms with Gasteiger partial charge in [-0.25, -0.2) is 0 Å². The highest BCUT2D eigenvalue weighted by Gasteiger charge is 2.35. The Morgan fingerprint density at radius 1 is 1.48 bits per heavy atom. The minimum Gasteiger partial charge on any atom is -0.481 e. The monoisotopic (exact) mass is 310 g/mol. The van der Waals surface area contributed by atoms with Gasteiger partial charge in [-0.3, -0.25) is 14.5 Å². The van der Waals surface area contributed by atoms with Crippen molar-refractivity contribution >= 4 is 29.2 Å². The Bertz CT molecular complexity index is 556. The Morgan fingerprint density at radius 2 is 2.14 bits per heavy atom. The van der Waals surface area contributed by atoms with Gasteiger partial charge >= 0.3 is 5.97 Å². The molecule has 1 aliphatic rings. The van der Waals surface area contributed by atoms with Crippen molar-refractivity contribution in [3.63, 3.8) is 0 Å². The van der Waals surface area contributed by atoms with Crippen molar-refractivity contribution < 1.29 is 14.7 Å². The second-order valence-corrected chi connectivity index (χ2v) is 6.02. The molecule has 1 fully saturated rings. The van der Waals surface area contributed by atoms with Crippen molar-refractivity contribution in [3.8, 4) is 0 Å². The molecule has 1 aromatic rings. The largest absolute Gasteiger partial charge is 0.481 e. The first-order chi connectivity index (χ1) is 9.86. The van der Waals surface area contributed by atoms with Crippen molar-refractivity contribution in [1.82, 2.24) is 4.90 Å². The molecular weight excluding hydrogens is 292 g/mol. The normalized spacial score (nSPS) is 17.1. The van der Waals surface area contributed by atoms with Gasteiger partial charge in [0.15, 0.2) is 0 Å². The van der Waals surface area contributed by atoms with Gasteiger partial charge in [-0.1, -0.05) is 18.5 Å². The molecule has 114 valence electrons. The summed E-state index contributed by atoms with van der Waals surface area (Å²) in [5, 5.41) is 12.4. The summed E-state index contributed by atoms with van der Waals surface area (Å²) in [6, 6.07) is 5.31. The molecule has 0 bridgehead atoms. The van der Waals surface area contributed by atoms with Crippen LogP contribution in [-0.2, 0) is 9.59 Å². The third-order valence-corrected chi connectivity index (χ3v) is 4.15. The van der Waals surface area contributed by atoms with Crippen LogP contribution in [0.2, 0.25) is 5.02 Å². The number of carbonyl (C=O) groups is 2. The minimum atomic E-state index is -0.777. The van der Waals surface area contributed by atoms with E-state index in [1.54, 1.807) is 25.1 Å². The smallest absolute Gasteiger partial charge is 0.306 e. The Hall–Kier alpha value is -1.59. The third kappa shape index (κ3) is 3.95. The van der Waals surface area contributed by atoms with E-state index >= 15 is 0 Å². The third-order valence-electron chi connectivity index (χ3n) is 3.91. The molecule has 6 heteroatoms. The van der Waals surface area contributed by atoms with Gasteiger partial charge in [0.2, 0.25) is 5.91 Å². The molecule has 5 nitrogen and oxygen atoms in total. The van der Waals surface area contributed by atoms with Crippen molar-refractivity contribution in [3.05, 3.63) is 28.8 Å². The maximum absolute atomic E-state index is 12.0. The highest BCUT2D eigenvalue weighted by atomic mass is 35.5. The van der Waals surface area contributed by atoms with Crippen LogP contribution in [-0.4, -0.2) is 41.5 Å². The Kier molecular flexibility index (Phi) is 4.85. The fourth-order valence-electron chi connectivity index (χ4n) is 2.42. The number of halogens is 1. The predicted molar refractivity (Wildman–Crippen MR) is 81.5 cm³/mol. The van der Waals surface area contributed by atoms with Crippen LogP contribution >= 0.6 is 11.6 Å². The van der Waals surface area contributed by atoms with Crippen molar-refractivity contribution in [1.29, 1.82) is 0 Å². The average Bonchev–Trinajstić information content (AvgIpc) is 2.36. The molecule has 0 spiro atoms. The predicted octanol–water partition coefficient (Wildman–Crippen LogP) is 2.24. The van der Waals surface area contributed by atoms with Crippen LogP contribution in [0.5, 0.6) is 0 Å². The van der Waals surface area contributed by atoms with Crippen molar-refractivity contribution in [2.24, 2.45) is 11.8 Å². The molecule has 1 unspecified atom stereocenters. The maximum Gasteiger partial charge on any atom is 0.306 e. The minimum absolute atomic E-state index is 0.0955. The molecule has 1 heterocycles. The van der Waals surface area contributed by atoms with E-state index in [-0.39, 0.29) is 24.3 Å². The van der Waals surface area contributed by atoms with E-state index in [1.165, 1.54) is 0 Å². The van der Waals surface area contributed by atoms with Crippen LogP contribution in [0.1, 0.15) is 12.5 Å². The van der Waals surface area contributed by atoms with Gasteiger partial charge in [0.1, 0.15) is 0 Å². The molecule has 21 heavy (non-hydrogen) atoms. The number of carboxylic acid groups (broad SMARTS) is 1. The lowest BCUT2D eigenvalue weighted by atomic mass is 9.87. The van der Waals surface area contributed by atoms with E-state index in [0.29, 0.717) is 18.1 Å². The van der Waals surface area contributed by atoms with Gasteiger partial charge in [-0.05, 0) is 36.6 Å². The van der Waals surface area contributed by atoms with Crippen LogP contribution < -0.4 is 5.32 Å². The molecule has 1 amide bonds. The van der Waals surface area contributed by atoms with Gasteiger partial charge in [0, 0.05) is 23.8 Å². The van der Waals surface area contributed by atoms with E-state index in [1.807, 2.05) is 11.8 Å². The zero-order valence-electron chi connectivity index (χ0n) is 12.1. The highest BCUT2D eigenvalue weighted by molar-refractivity contribution is 6.30. The number of nitrogens with zero attached hydrogens (tertiary/aromatic N) is 1. The van der Waals surface area contributed by atoms with Gasteiger partial charge in [0.25, 0.3) is 0 Å². The second-order valence-electron chi connectivity index (χ2n) is 5.59. The van der Waals surface area contributed by atoms with E-state index in [0.717, 1.165) is 11.3 Å². The lowest BCUT2D eigenvalue weighted by molar-refractivity contribution is -0.145. The highest BCUT2D eigenvalue weighted by Crippen LogP contribution is 2.24. The van der Waals surface area contributed by atoms with Crippen LogP contribution in [0, 0.1) is 18.8 Å². The van der Waals surface area contributed by atoms with Gasteiger partial charge < -0.3 is 10.4 Å². The molecule has 0 radical (unpaired) electrons. The molecule has 0 aliphatic carbocycles. The standard InChI is InChI=1S/C15H19ClN2O3/c1-9-5-12(16)3-4-13(9)17-14(19)8-18-6-11(7-18)10(2)15(20)21/h3-5,10-11H,6-8H2,1-2H3,(H,17,19)(H,20,21). The summed E-state index contributed by atoms with van der Waals surface area (Å²) >= 11 is 5.87. The van der Waals surface area contributed by atoms with Gasteiger partial charge in [0.05, 0.1) is 12.5 Å². The number of anilines is 1. The number of hydrogen-bond donors (Lipinski definition) is 2. The van der Waals surface area contributed by atoms with E-state index in [9.17, 15) is 9.59 Å². The first-order valence-corrected chi connectivity index (χ1v) is 7.25. The summed E-state index contributed by atoms with van der Waals surface area (Å²) in [7, 11) is 0. The van der Waals surface area contributed by atoms with Crippen LogP contribution in [0.3, 0.4) is 0 Å². The number of aryl methyl sites for hydroxylation is 1. The van der Waals surface area contributed by atoms with Gasteiger partial charge in [-0.2, -0.15) is 0 Å². The lowest BCUT2D eigenvalue weighted by Gasteiger charge is -2.40. The second kappa shape index (κ2) is 6.45. The van der Waals surface area contributed by atoms with Crippen LogP contribution in [0.4, 0.5) is 5.69 Å². The number of carboxylic acids is 1. The maximum atomic E-state index is 12.0. The molecule has 1 aromatic carbocycles. The number of likely N-dealkylation sites (tertiary alicyclic amines) is 1. The number of benzene rings is 1. The van der Waals surface area contributed by atoms with E-state index in [4.69, 9.17) is 16.7 Å². The molecule has 1 aliphatic heterocycles. The number of rotatable bonds is 5. The number of nitrogens with one attached hydrogen (secondary N) is 1. The van der Waals surface area contributed by atoms with Crippen LogP contribution in [0.15, 0.2) is 18.2 Å². The molecular formula is C15H19ClN2O3. The first-order valence-electron chi connectivity index (χ1n) is 6.88. The summed E-state index contributed by atoms with van der Waals surface area (Å²) in [6.07, 6.45) is 0. The fraction of sp³-hybridized carbons (Fsp3) is 0.467. The molecule has 0 saturated carbocycles. The summed E-state index contributed by atoms with van der Waals surface area (Å²) < 4.78 is 0. The summed E-state index contributed by atoms with van der Waals surface area (Å²) in [5.41, 5.74) is 1.66. The quantitative estimate of drug-likeness (QED) is 0.875. The average molecular weight is 311 g/mol. The van der Waals surface area contributed by atoms with Crippen LogP contribution in [0.25, 0.3) is 0 Å². The number of carbonyl (C=O) groups excluding carboxylic acids is 1.